The molecule has 1 aliphatic rings. The van der Waals surface area contributed by atoms with Gasteiger partial charge in [-0.3, -0.25) is 0 Å². The van der Waals surface area contributed by atoms with Gasteiger partial charge in [0.15, 0.2) is 0 Å². The zero-order valence-electron chi connectivity index (χ0n) is 10.5. The molecule has 2 rings (SSSR count). The first kappa shape index (κ1) is 15.0. The van der Waals surface area contributed by atoms with Crippen molar-refractivity contribution in [3.8, 4) is 6.07 Å². The van der Waals surface area contributed by atoms with Gasteiger partial charge < -0.3 is 10.6 Å². The summed E-state index contributed by atoms with van der Waals surface area (Å²) in [4.78, 5) is 0. The first-order valence-corrected chi connectivity index (χ1v) is 6.32. The molecule has 1 aromatic carbocycles. The third-order valence-corrected chi connectivity index (χ3v) is 3.26. The number of rotatable bonds is 4. The number of halogens is 1. The minimum absolute atomic E-state index is 0. The van der Waals surface area contributed by atoms with E-state index >= 15 is 0 Å². The lowest BCUT2D eigenvalue weighted by atomic mass is 10.0. The maximum Gasteiger partial charge on any atom is 0.0995 e. The molecule has 1 saturated heterocycles. The molecule has 98 valence electrons. The van der Waals surface area contributed by atoms with Crippen LogP contribution in [0.1, 0.15) is 30.4 Å². The van der Waals surface area contributed by atoms with E-state index in [2.05, 4.69) is 16.7 Å². The van der Waals surface area contributed by atoms with Crippen molar-refractivity contribution in [2.24, 2.45) is 0 Å². The fourth-order valence-corrected chi connectivity index (χ4v) is 2.26. The molecule has 1 aromatic rings. The highest BCUT2D eigenvalue weighted by Crippen LogP contribution is 2.08. The molecule has 0 radical (unpaired) electrons. The van der Waals surface area contributed by atoms with Crippen LogP contribution in [0.4, 0.5) is 0 Å². The van der Waals surface area contributed by atoms with Crippen molar-refractivity contribution in [3.63, 3.8) is 0 Å². The first-order chi connectivity index (χ1) is 8.40. The van der Waals surface area contributed by atoms with Crippen LogP contribution < -0.4 is 10.6 Å². The van der Waals surface area contributed by atoms with Crippen LogP contribution in [0.25, 0.3) is 0 Å². The van der Waals surface area contributed by atoms with Crippen LogP contribution in [-0.4, -0.2) is 19.1 Å². The normalized spacial score (nSPS) is 18.7. The number of nitrogens with one attached hydrogen (secondary N) is 2. The van der Waals surface area contributed by atoms with E-state index in [0.29, 0.717) is 6.04 Å². The Bertz CT molecular complexity index is 394. The highest BCUT2D eigenvalue weighted by molar-refractivity contribution is 5.85. The van der Waals surface area contributed by atoms with E-state index in [-0.39, 0.29) is 12.4 Å². The van der Waals surface area contributed by atoms with Gasteiger partial charge in [-0.05, 0) is 31.0 Å². The molecule has 18 heavy (non-hydrogen) atoms. The smallest absolute Gasteiger partial charge is 0.0995 e. The molecule has 0 saturated carbocycles. The molecule has 3 nitrogen and oxygen atoms in total. The Labute approximate surface area is 115 Å². The maximum atomic E-state index is 8.98. The number of nitrogens with zero attached hydrogens (tertiary/aromatic N) is 1. The van der Waals surface area contributed by atoms with Gasteiger partial charge in [0.1, 0.15) is 0 Å². The maximum absolute atomic E-state index is 8.98. The van der Waals surface area contributed by atoms with Gasteiger partial charge in [-0.2, -0.15) is 5.26 Å². The van der Waals surface area contributed by atoms with Gasteiger partial charge in [0.2, 0.25) is 0 Å². The summed E-state index contributed by atoms with van der Waals surface area (Å²) < 4.78 is 0. The van der Waals surface area contributed by atoms with Crippen molar-refractivity contribution in [1.82, 2.24) is 10.6 Å². The van der Waals surface area contributed by atoms with Gasteiger partial charge >= 0.3 is 0 Å². The minimum atomic E-state index is 0. The third-order valence-electron chi connectivity index (χ3n) is 3.26. The van der Waals surface area contributed by atoms with Gasteiger partial charge in [0.25, 0.3) is 0 Å². The van der Waals surface area contributed by atoms with Crippen LogP contribution in [0, 0.1) is 11.3 Å². The number of nitriles is 1. The summed E-state index contributed by atoms with van der Waals surface area (Å²) >= 11 is 0. The van der Waals surface area contributed by atoms with Gasteiger partial charge in [-0.1, -0.05) is 24.6 Å². The van der Waals surface area contributed by atoms with Crippen molar-refractivity contribution >= 4 is 12.4 Å². The fraction of sp³-hybridized carbons (Fsp3) is 0.500. The molecule has 1 fully saturated rings. The lowest BCUT2D eigenvalue weighted by molar-refractivity contribution is 0.383. The lowest BCUT2D eigenvalue weighted by Gasteiger charge is -2.23. The molecule has 1 unspecified atom stereocenters. The molecule has 1 aliphatic heterocycles. The lowest BCUT2D eigenvalue weighted by Crippen LogP contribution is -2.41. The van der Waals surface area contributed by atoms with Gasteiger partial charge in [0.05, 0.1) is 11.6 Å². The Morgan fingerprint density at radius 1 is 1.33 bits per heavy atom. The fourth-order valence-electron chi connectivity index (χ4n) is 2.26. The molecular formula is C14H20ClN3. The summed E-state index contributed by atoms with van der Waals surface area (Å²) in [6, 6.07) is 10.6. The summed E-state index contributed by atoms with van der Waals surface area (Å²) in [6.07, 6.45) is 3.88. The molecule has 0 aromatic heterocycles. The monoisotopic (exact) mass is 265 g/mol. The molecule has 0 spiro atoms. The molecule has 0 aliphatic carbocycles. The zero-order chi connectivity index (χ0) is 11.9. The third kappa shape index (κ3) is 4.30. The summed E-state index contributed by atoms with van der Waals surface area (Å²) in [7, 11) is 0. The molecule has 1 atom stereocenters. The topological polar surface area (TPSA) is 47.9 Å². The van der Waals surface area contributed by atoms with Crippen molar-refractivity contribution in [3.05, 3.63) is 35.4 Å². The highest BCUT2D eigenvalue weighted by Gasteiger charge is 2.11. The van der Waals surface area contributed by atoms with E-state index in [1.807, 2.05) is 24.3 Å². The van der Waals surface area contributed by atoms with Gasteiger partial charge in [0, 0.05) is 19.1 Å². The zero-order valence-corrected chi connectivity index (χ0v) is 11.3. The molecule has 4 heteroatoms. The predicted molar refractivity (Wildman–Crippen MR) is 75.8 cm³/mol. The van der Waals surface area contributed by atoms with Crippen LogP contribution in [0.3, 0.4) is 0 Å². The number of hydrogen-bond donors (Lipinski definition) is 2. The Morgan fingerprint density at radius 3 is 2.89 bits per heavy atom. The van der Waals surface area contributed by atoms with Crippen molar-refractivity contribution in [1.29, 1.82) is 5.26 Å². The van der Waals surface area contributed by atoms with E-state index < -0.39 is 0 Å². The summed E-state index contributed by atoms with van der Waals surface area (Å²) in [5.74, 6) is 0. The summed E-state index contributed by atoms with van der Waals surface area (Å²) in [6.45, 7) is 2.91. The van der Waals surface area contributed by atoms with Crippen molar-refractivity contribution < 1.29 is 0 Å². The number of benzene rings is 1. The van der Waals surface area contributed by atoms with Crippen LogP contribution in [0.15, 0.2) is 24.3 Å². The molecular weight excluding hydrogens is 246 g/mol. The number of piperidine rings is 1. The Kier molecular flexibility index (Phi) is 6.74. The van der Waals surface area contributed by atoms with E-state index in [1.54, 1.807) is 0 Å². The van der Waals surface area contributed by atoms with E-state index in [4.69, 9.17) is 5.26 Å². The summed E-state index contributed by atoms with van der Waals surface area (Å²) in [5.41, 5.74) is 1.86. The van der Waals surface area contributed by atoms with Crippen LogP contribution in [0.2, 0.25) is 0 Å². The molecule has 2 N–H and O–H groups in total. The Balaban J connectivity index is 0.00000162. The van der Waals surface area contributed by atoms with E-state index in [9.17, 15) is 0 Å². The van der Waals surface area contributed by atoms with E-state index in [0.717, 1.165) is 30.8 Å². The largest absolute Gasteiger partial charge is 0.313 e. The van der Waals surface area contributed by atoms with Crippen molar-refractivity contribution in [2.75, 3.05) is 13.1 Å². The molecule has 1 heterocycles. The predicted octanol–water partition coefficient (Wildman–Crippen LogP) is 2.21. The van der Waals surface area contributed by atoms with Gasteiger partial charge in [-0.15, -0.1) is 12.4 Å². The highest BCUT2D eigenvalue weighted by atomic mass is 35.5. The minimum Gasteiger partial charge on any atom is -0.313 e. The second-order valence-corrected chi connectivity index (χ2v) is 4.55. The Hall–Kier alpha value is -1.08. The number of hydrogen-bond acceptors (Lipinski definition) is 3. The quantitative estimate of drug-likeness (QED) is 0.878. The average molecular weight is 266 g/mol. The standard InChI is InChI=1S/C14H19N3.ClH/c15-9-12-5-1-2-6-13(12)10-16-11-14-7-3-4-8-17-14;/h1-2,5-6,14,16-17H,3-4,7-8,10-11H2;1H. The van der Waals surface area contributed by atoms with Crippen LogP contribution >= 0.6 is 12.4 Å². The summed E-state index contributed by atoms with van der Waals surface area (Å²) in [5, 5.41) is 15.9. The molecule has 0 bridgehead atoms. The van der Waals surface area contributed by atoms with Gasteiger partial charge in [-0.25, -0.2) is 0 Å². The second-order valence-electron chi connectivity index (χ2n) is 4.55. The van der Waals surface area contributed by atoms with E-state index in [1.165, 1.54) is 19.3 Å². The van der Waals surface area contributed by atoms with Crippen LogP contribution in [0.5, 0.6) is 0 Å². The second kappa shape index (κ2) is 8.10. The van der Waals surface area contributed by atoms with Crippen molar-refractivity contribution in [2.45, 2.75) is 31.8 Å². The SMILES string of the molecule is Cl.N#Cc1ccccc1CNCC1CCCCN1. The Morgan fingerprint density at radius 2 is 2.17 bits per heavy atom. The first-order valence-electron chi connectivity index (χ1n) is 6.32. The molecule has 0 amide bonds. The average Bonchev–Trinajstić information content (AvgIpc) is 2.40. The van der Waals surface area contributed by atoms with Crippen LogP contribution in [-0.2, 0) is 6.54 Å².